The van der Waals surface area contributed by atoms with Crippen molar-refractivity contribution in [2.24, 2.45) is 10.7 Å². The fourth-order valence-electron chi connectivity index (χ4n) is 4.33. The summed E-state index contributed by atoms with van der Waals surface area (Å²) in [5, 5.41) is 4.05. The Morgan fingerprint density at radius 2 is 1.97 bits per heavy atom. The number of aliphatic imine (C=N–C) groups is 1. The third-order valence-electron chi connectivity index (χ3n) is 6.51. The van der Waals surface area contributed by atoms with Crippen molar-refractivity contribution < 1.29 is 13.2 Å². The van der Waals surface area contributed by atoms with Gasteiger partial charge in [-0.1, -0.05) is 25.3 Å². The van der Waals surface area contributed by atoms with Gasteiger partial charge in [0.25, 0.3) is 0 Å². The third kappa shape index (κ3) is 5.00. The number of sulfone groups is 1. The lowest BCUT2D eigenvalue weighted by Crippen LogP contribution is -2.31. The van der Waals surface area contributed by atoms with Crippen LogP contribution >= 0.6 is 11.3 Å². The van der Waals surface area contributed by atoms with Crippen LogP contribution < -0.4 is 11.1 Å². The number of benzene rings is 1. The molecule has 0 unspecified atom stereocenters. The number of hydrogen-bond acceptors (Lipinski definition) is 8. The van der Waals surface area contributed by atoms with Crippen LogP contribution in [0.15, 0.2) is 46.2 Å². The first-order chi connectivity index (χ1) is 16.0. The molecule has 3 fully saturated rings. The molecule has 2 saturated carbocycles. The van der Waals surface area contributed by atoms with Crippen LogP contribution in [0.2, 0.25) is 0 Å². The average molecular weight is 487 g/mol. The van der Waals surface area contributed by atoms with E-state index in [1.54, 1.807) is 23.6 Å². The molecule has 2 aromatic rings. The van der Waals surface area contributed by atoms with Gasteiger partial charge in [-0.25, -0.2) is 13.4 Å². The van der Waals surface area contributed by atoms with Crippen LogP contribution in [-0.4, -0.2) is 44.1 Å². The van der Waals surface area contributed by atoms with Crippen molar-refractivity contribution in [1.82, 2.24) is 4.98 Å². The van der Waals surface area contributed by atoms with Crippen molar-refractivity contribution in [3.8, 4) is 10.4 Å². The molecule has 2 aliphatic carbocycles. The predicted octanol–water partition coefficient (Wildman–Crippen LogP) is 4.48. The molecule has 33 heavy (non-hydrogen) atoms. The molecule has 0 radical (unpaired) electrons. The Hall–Kier alpha value is -2.23. The van der Waals surface area contributed by atoms with E-state index in [2.05, 4.69) is 10.3 Å². The number of anilines is 1. The molecule has 5 rings (SSSR count). The van der Waals surface area contributed by atoms with E-state index in [1.165, 1.54) is 38.3 Å². The van der Waals surface area contributed by atoms with Crippen LogP contribution in [0.1, 0.15) is 55.9 Å². The average Bonchev–Trinajstić information content (AvgIpc) is 3.56. The fraction of sp³-hybridized carbons (Fsp3) is 0.500. The first-order valence-electron chi connectivity index (χ1n) is 11.7. The molecule has 9 heteroatoms. The van der Waals surface area contributed by atoms with Crippen molar-refractivity contribution in [3.63, 3.8) is 0 Å². The monoisotopic (exact) mass is 486 g/mol. The lowest BCUT2D eigenvalue weighted by molar-refractivity contribution is 0.0135. The molecular formula is C24H30N4O3S2. The molecule has 0 spiro atoms. The first-order valence-corrected chi connectivity index (χ1v) is 14.0. The SMILES string of the molecule is NC=C(C=NC1COC1)Nc1ccc(-c2cnc(C3CCCCC3)s2)c(S(=O)(=O)C2CC2)c1. The summed E-state index contributed by atoms with van der Waals surface area (Å²) < 4.78 is 31.8. The first kappa shape index (κ1) is 22.6. The zero-order chi connectivity index (χ0) is 22.8. The van der Waals surface area contributed by atoms with Crippen LogP contribution in [0.5, 0.6) is 0 Å². The van der Waals surface area contributed by atoms with Gasteiger partial charge in [-0.15, -0.1) is 11.3 Å². The van der Waals surface area contributed by atoms with Crippen molar-refractivity contribution in [1.29, 1.82) is 0 Å². The van der Waals surface area contributed by atoms with Gasteiger partial charge in [0.1, 0.15) is 0 Å². The van der Waals surface area contributed by atoms with Gasteiger partial charge in [0.15, 0.2) is 9.84 Å². The molecule has 1 saturated heterocycles. The fourth-order valence-corrected chi connectivity index (χ4v) is 7.41. The quantitative estimate of drug-likeness (QED) is 0.533. The van der Waals surface area contributed by atoms with Gasteiger partial charge in [0.2, 0.25) is 0 Å². The summed E-state index contributed by atoms with van der Waals surface area (Å²) in [5.41, 5.74) is 7.79. The van der Waals surface area contributed by atoms with E-state index in [-0.39, 0.29) is 11.3 Å². The molecule has 1 aromatic heterocycles. The molecule has 3 N–H and O–H groups in total. The van der Waals surface area contributed by atoms with E-state index < -0.39 is 9.84 Å². The van der Waals surface area contributed by atoms with E-state index in [9.17, 15) is 8.42 Å². The van der Waals surface area contributed by atoms with Crippen LogP contribution in [0.3, 0.4) is 0 Å². The zero-order valence-corrected chi connectivity index (χ0v) is 20.2. The van der Waals surface area contributed by atoms with Crippen molar-refractivity contribution in [3.05, 3.63) is 41.3 Å². The number of nitrogens with two attached hydrogens (primary N) is 1. The predicted molar refractivity (Wildman–Crippen MR) is 133 cm³/mol. The topological polar surface area (TPSA) is 107 Å². The second kappa shape index (κ2) is 9.56. The maximum atomic E-state index is 13.3. The Morgan fingerprint density at radius 1 is 1.18 bits per heavy atom. The summed E-state index contributed by atoms with van der Waals surface area (Å²) in [4.78, 5) is 10.4. The van der Waals surface area contributed by atoms with Crippen LogP contribution in [-0.2, 0) is 14.6 Å². The molecular weight excluding hydrogens is 456 g/mol. The summed E-state index contributed by atoms with van der Waals surface area (Å²) in [7, 11) is -3.41. The number of nitrogens with zero attached hydrogens (tertiary/aromatic N) is 2. The highest BCUT2D eigenvalue weighted by atomic mass is 32.2. The normalized spacial score (nSPS) is 20.8. The number of allylic oxidation sites excluding steroid dienone is 1. The van der Waals surface area contributed by atoms with Crippen molar-refractivity contribution >= 4 is 33.1 Å². The van der Waals surface area contributed by atoms with Crippen molar-refractivity contribution in [2.45, 2.75) is 67.1 Å². The van der Waals surface area contributed by atoms with Gasteiger partial charge < -0.3 is 15.8 Å². The standard InChI is InChI=1S/C24H30N4O3S2/c25-11-18(12-26-19-14-31-15-19)28-17-6-9-21(23(10-17)33(29,30)20-7-8-20)22-13-27-24(32-22)16-4-2-1-3-5-16/h6,9-13,16,19-20,28H,1-5,7-8,14-15,25H2. The minimum Gasteiger partial charge on any atom is -0.403 e. The van der Waals surface area contributed by atoms with Crippen LogP contribution in [0, 0.1) is 0 Å². The van der Waals surface area contributed by atoms with E-state index in [0.29, 0.717) is 35.4 Å². The van der Waals surface area contributed by atoms with Gasteiger partial charge in [-0.3, -0.25) is 4.99 Å². The molecule has 1 aromatic carbocycles. The van der Waals surface area contributed by atoms with E-state index in [4.69, 9.17) is 15.5 Å². The largest absolute Gasteiger partial charge is 0.403 e. The lowest BCUT2D eigenvalue weighted by atomic mass is 9.90. The van der Waals surface area contributed by atoms with Gasteiger partial charge in [0.05, 0.1) is 45.0 Å². The highest BCUT2D eigenvalue weighted by Crippen LogP contribution is 2.42. The smallest absolute Gasteiger partial charge is 0.181 e. The second-order valence-electron chi connectivity index (χ2n) is 9.07. The minimum absolute atomic E-state index is 0.152. The summed E-state index contributed by atoms with van der Waals surface area (Å²) in [6, 6.07) is 5.66. The summed E-state index contributed by atoms with van der Waals surface area (Å²) in [6.45, 7) is 1.23. The highest BCUT2D eigenvalue weighted by molar-refractivity contribution is 7.92. The highest BCUT2D eigenvalue weighted by Gasteiger charge is 2.38. The molecule has 2 heterocycles. The maximum Gasteiger partial charge on any atom is 0.181 e. The van der Waals surface area contributed by atoms with Gasteiger partial charge in [-0.2, -0.15) is 0 Å². The molecule has 0 amide bonds. The van der Waals surface area contributed by atoms with Gasteiger partial charge in [0, 0.05) is 35.8 Å². The Kier molecular flexibility index (Phi) is 6.53. The zero-order valence-electron chi connectivity index (χ0n) is 18.6. The van der Waals surface area contributed by atoms with Crippen LogP contribution in [0.4, 0.5) is 5.69 Å². The summed E-state index contributed by atoms with van der Waals surface area (Å²) in [5.74, 6) is 0.500. The number of rotatable bonds is 8. The van der Waals surface area contributed by atoms with Crippen molar-refractivity contribution in [2.75, 3.05) is 18.5 Å². The molecule has 176 valence electrons. The Labute approximate surface area is 199 Å². The van der Waals surface area contributed by atoms with Gasteiger partial charge in [-0.05, 0) is 37.8 Å². The minimum atomic E-state index is -3.41. The number of hydrogen-bond donors (Lipinski definition) is 2. The van der Waals surface area contributed by atoms with E-state index in [1.807, 2.05) is 18.3 Å². The second-order valence-corrected chi connectivity index (χ2v) is 12.3. The number of thiazole rings is 1. The maximum absolute atomic E-state index is 13.3. The number of nitrogens with one attached hydrogen (secondary N) is 1. The van der Waals surface area contributed by atoms with E-state index >= 15 is 0 Å². The summed E-state index contributed by atoms with van der Waals surface area (Å²) >= 11 is 1.64. The lowest BCUT2D eigenvalue weighted by Gasteiger charge is -2.21. The van der Waals surface area contributed by atoms with Crippen LogP contribution in [0.25, 0.3) is 10.4 Å². The Bertz CT molecular complexity index is 1160. The molecule has 0 atom stereocenters. The Balaban J connectivity index is 1.44. The third-order valence-corrected chi connectivity index (χ3v) is 10.0. The Morgan fingerprint density at radius 3 is 2.64 bits per heavy atom. The molecule has 3 aliphatic rings. The molecule has 7 nitrogen and oxygen atoms in total. The molecule has 0 bridgehead atoms. The van der Waals surface area contributed by atoms with E-state index in [0.717, 1.165) is 28.3 Å². The summed E-state index contributed by atoms with van der Waals surface area (Å²) in [6.07, 6.45) is 12.5. The number of aromatic nitrogens is 1. The molecule has 1 aliphatic heterocycles. The number of ether oxygens (including phenoxy) is 1. The van der Waals surface area contributed by atoms with Gasteiger partial charge >= 0.3 is 0 Å².